The third-order valence-electron chi connectivity index (χ3n) is 8.99. The molecule has 24 heavy (non-hydrogen) atoms. The zero-order valence-electron chi connectivity index (χ0n) is 15.0. The van der Waals surface area contributed by atoms with E-state index in [-0.39, 0.29) is 35.9 Å². The van der Waals surface area contributed by atoms with Gasteiger partial charge in [-0.3, -0.25) is 0 Å². The molecule has 4 N–H and O–H groups in total. The van der Waals surface area contributed by atoms with Crippen molar-refractivity contribution in [3.8, 4) is 0 Å². The second-order valence-corrected chi connectivity index (χ2v) is 9.60. The first-order chi connectivity index (χ1) is 11.3. The Morgan fingerprint density at radius 2 is 1.88 bits per heavy atom. The minimum absolute atomic E-state index is 0.0255. The van der Waals surface area contributed by atoms with Gasteiger partial charge in [-0.15, -0.1) is 0 Å². The predicted octanol–water partition coefficient (Wildman–Crippen LogP) is 2.01. The Balaban J connectivity index is 1.78. The summed E-state index contributed by atoms with van der Waals surface area (Å²) in [5, 5.41) is 41.3. The summed E-state index contributed by atoms with van der Waals surface area (Å²) in [5.41, 5.74) is 0.237. The second kappa shape index (κ2) is 5.06. The highest BCUT2D eigenvalue weighted by Gasteiger charge is 2.68. The number of hydrogen-bond acceptors (Lipinski definition) is 4. The van der Waals surface area contributed by atoms with Gasteiger partial charge in [0.25, 0.3) is 0 Å². The summed E-state index contributed by atoms with van der Waals surface area (Å²) < 4.78 is 0. The van der Waals surface area contributed by atoms with Gasteiger partial charge in [-0.05, 0) is 67.6 Å². The van der Waals surface area contributed by atoms with Crippen LogP contribution in [-0.2, 0) is 0 Å². The maximum Gasteiger partial charge on any atom is 0.0909 e. The molecule has 7 atom stereocenters. The predicted molar refractivity (Wildman–Crippen MR) is 91.2 cm³/mol. The van der Waals surface area contributed by atoms with Crippen molar-refractivity contribution < 1.29 is 20.4 Å². The molecule has 0 radical (unpaired) electrons. The smallest absolute Gasteiger partial charge is 0.0909 e. The first-order valence-electron chi connectivity index (χ1n) is 9.57. The summed E-state index contributed by atoms with van der Waals surface area (Å²) in [6.45, 7) is 4.30. The van der Waals surface area contributed by atoms with Gasteiger partial charge in [0.15, 0.2) is 0 Å². The molecule has 0 aromatic heterocycles. The molecule has 3 fully saturated rings. The molecule has 0 aromatic carbocycles. The molecule has 0 saturated heterocycles. The lowest BCUT2D eigenvalue weighted by molar-refractivity contribution is -0.184. The Morgan fingerprint density at radius 1 is 1.12 bits per heavy atom. The normalized spacial score (nSPS) is 56.4. The van der Waals surface area contributed by atoms with Crippen LogP contribution in [0.15, 0.2) is 11.6 Å². The molecule has 0 aromatic rings. The summed E-state index contributed by atoms with van der Waals surface area (Å²) in [6, 6.07) is 0. The van der Waals surface area contributed by atoms with E-state index in [0.717, 1.165) is 38.5 Å². The van der Waals surface area contributed by atoms with Crippen LogP contribution in [0.1, 0.15) is 58.8 Å². The van der Waals surface area contributed by atoms with E-state index in [1.54, 1.807) is 0 Å². The summed E-state index contributed by atoms with van der Waals surface area (Å²) in [7, 11) is 0. The summed E-state index contributed by atoms with van der Waals surface area (Å²) >= 11 is 0. The van der Waals surface area contributed by atoms with Crippen LogP contribution >= 0.6 is 0 Å². The zero-order valence-corrected chi connectivity index (χ0v) is 15.0. The molecule has 0 heterocycles. The van der Waals surface area contributed by atoms with E-state index in [2.05, 4.69) is 19.9 Å². The minimum Gasteiger partial charge on any atom is -0.396 e. The van der Waals surface area contributed by atoms with Gasteiger partial charge in [0, 0.05) is 5.41 Å². The van der Waals surface area contributed by atoms with Crippen LogP contribution < -0.4 is 0 Å². The Kier molecular flexibility index (Phi) is 3.59. The van der Waals surface area contributed by atoms with Gasteiger partial charge >= 0.3 is 0 Å². The first-order valence-corrected chi connectivity index (χ1v) is 9.57. The fourth-order valence-electron chi connectivity index (χ4n) is 7.21. The second-order valence-electron chi connectivity index (χ2n) is 9.60. The van der Waals surface area contributed by atoms with E-state index in [4.69, 9.17) is 0 Å². The number of fused-ring (bicyclic) bond motifs is 2. The quantitative estimate of drug-likeness (QED) is 0.582. The van der Waals surface area contributed by atoms with E-state index >= 15 is 0 Å². The van der Waals surface area contributed by atoms with E-state index in [9.17, 15) is 20.4 Å². The maximum atomic E-state index is 10.8. The fourth-order valence-corrected chi connectivity index (χ4v) is 7.21. The van der Waals surface area contributed by atoms with Gasteiger partial charge in [0.05, 0.1) is 24.9 Å². The largest absolute Gasteiger partial charge is 0.396 e. The highest BCUT2D eigenvalue weighted by atomic mass is 16.3. The van der Waals surface area contributed by atoms with Gasteiger partial charge in [-0.25, -0.2) is 0 Å². The van der Waals surface area contributed by atoms with Crippen LogP contribution in [0.25, 0.3) is 0 Å². The third kappa shape index (κ3) is 1.78. The van der Waals surface area contributed by atoms with E-state index in [1.165, 1.54) is 5.57 Å². The molecule has 4 nitrogen and oxygen atoms in total. The number of aliphatic hydroxyl groups is 4. The van der Waals surface area contributed by atoms with Crippen LogP contribution in [0.4, 0.5) is 0 Å². The Bertz CT molecular complexity index is 574. The molecular formula is C20H32O4. The van der Waals surface area contributed by atoms with Gasteiger partial charge in [-0.1, -0.05) is 25.5 Å². The van der Waals surface area contributed by atoms with Crippen molar-refractivity contribution >= 4 is 0 Å². The fraction of sp³-hybridized carbons (Fsp3) is 0.900. The van der Waals surface area contributed by atoms with Crippen molar-refractivity contribution in [2.45, 2.75) is 70.5 Å². The molecule has 4 heteroatoms. The van der Waals surface area contributed by atoms with Crippen molar-refractivity contribution in [2.75, 3.05) is 13.2 Å². The van der Waals surface area contributed by atoms with E-state index in [1.807, 2.05) is 0 Å². The lowest BCUT2D eigenvalue weighted by Gasteiger charge is -2.64. The SMILES string of the molecule is C[C@@]1(CO)[C@H](O)CC[C@@]2(C)[C@H]1CC=C1C[C@@H]3C[C@@]12CC[C@]3(O)CO. The Hall–Kier alpha value is -0.420. The minimum atomic E-state index is -0.927. The third-order valence-corrected chi connectivity index (χ3v) is 8.99. The van der Waals surface area contributed by atoms with Crippen LogP contribution in [0.5, 0.6) is 0 Å². The highest BCUT2D eigenvalue weighted by molar-refractivity contribution is 5.34. The lowest BCUT2D eigenvalue weighted by Crippen LogP contribution is -2.61. The monoisotopic (exact) mass is 336 g/mol. The molecule has 0 aliphatic heterocycles. The van der Waals surface area contributed by atoms with Crippen molar-refractivity contribution in [1.29, 1.82) is 0 Å². The first kappa shape index (κ1) is 17.0. The molecular weight excluding hydrogens is 304 g/mol. The number of allylic oxidation sites excluding steroid dienone is 2. The Labute approximate surface area is 144 Å². The van der Waals surface area contributed by atoms with Crippen LogP contribution in [0.3, 0.4) is 0 Å². The molecule has 4 rings (SSSR count). The van der Waals surface area contributed by atoms with Gasteiger partial charge in [-0.2, -0.15) is 0 Å². The molecule has 3 saturated carbocycles. The number of rotatable bonds is 2. The van der Waals surface area contributed by atoms with Gasteiger partial charge in [0.1, 0.15) is 0 Å². The van der Waals surface area contributed by atoms with Gasteiger partial charge < -0.3 is 20.4 Å². The molecule has 0 amide bonds. The summed E-state index contributed by atoms with van der Waals surface area (Å²) in [5.74, 6) is 0.409. The van der Waals surface area contributed by atoms with Crippen LogP contribution in [0.2, 0.25) is 0 Å². The average molecular weight is 336 g/mol. The average Bonchev–Trinajstić information content (AvgIpc) is 2.93. The van der Waals surface area contributed by atoms with Crippen molar-refractivity contribution in [1.82, 2.24) is 0 Å². The molecule has 136 valence electrons. The zero-order chi connectivity index (χ0) is 17.4. The molecule has 4 aliphatic rings. The van der Waals surface area contributed by atoms with E-state index in [0.29, 0.717) is 6.42 Å². The lowest BCUT2D eigenvalue weighted by atomic mass is 9.41. The maximum absolute atomic E-state index is 10.8. The Morgan fingerprint density at radius 3 is 2.54 bits per heavy atom. The van der Waals surface area contributed by atoms with Crippen LogP contribution in [-0.4, -0.2) is 45.3 Å². The van der Waals surface area contributed by atoms with Crippen molar-refractivity contribution in [3.63, 3.8) is 0 Å². The summed E-state index contributed by atoms with van der Waals surface area (Å²) in [4.78, 5) is 0. The molecule has 1 spiro atoms. The highest BCUT2D eigenvalue weighted by Crippen LogP contribution is 2.73. The van der Waals surface area contributed by atoms with Crippen molar-refractivity contribution in [2.24, 2.45) is 28.1 Å². The number of hydrogen-bond donors (Lipinski definition) is 4. The van der Waals surface area contributed by atoms with Crippen molar-refractivity contribution in [3.05, 3.63) is 11.6 Å². The molecule has 2 bridgehead atoms. The number of aliphatic hydroxyl groups excluding tert-OH is 3. The van der Waals surface area contributed by atoms with Gasteiger partial charge in [0.2, 0.25) is 0 Å². The summed E-state index contributed by atoms with van der Waals surface area (Å²) in [6.07, 6.45) is 7.96. The topological polar surface area (TPSA) is 80.9 Å². The molecule has 0 unspecified atom stereocenters. The molecule has 4 aliphatic carbocycles. The van der Waals surface area contributed by atoms with E-state index < -0.39 is 17.1 Å². The van der Waals surface area contributed by atoms with Crippen LogP contribution in [0, 0.1) is 28.1 Å². The standard InChI is InChI=1S/C20H32O4/c1-17(11-21)15-4-3-13-9-14-10-19(13,7-8-20(14,24)12-22)18(15,2)6-5-16(17)23/h3,14-16,21-24H,4-12H2,1-2H3/t14-,15+,16-,17+,18+,19+,20+/m1/s1.